The Kier molecular flexibility index (Phi) is 4.50. The van der Waals surface area contributed by atoms with Gasteiger partial charge < -0.3 is 4.12 Å². The molecule has 0 aliphatic heterocycles. The maximum absolute atomic E-state index is 6.81. The van der Waals surface area contributed by atoms with E-state index in [0.717, 1.165) is 17.8 Å². The Morgan fingerprint density at radius 3 is 2.27 bits per heavy atom. The van der Waals surface area contributed by atoms with Crippen LogP contribution in [0.5, 0.6) is 0 Å². The fourth-order valence-corrected chi connectivity index (χ4v) is 12.8. The highest BCUT2D eigenvalue weighted by Crippen LogP contribution is 2.46. The van der Waals surface area contributed by atoms with E-state index in [1.54, 1.807) is 0 Å². The molecule has 0 N–H and O–H groups in total. The number of hydrogen-bond donors (Lipinski definition) is 0. The molecule has 120 valence electrons. The predicted molar refractivity (Wildman–Crippen MR) is 100 cm³/mol. The first-order valence-electron chi connectivity index (χ1n) is 8.80. The van der Waals surface area contributed by atoms with Crippen LogP contribution < -0.4 is 5.19 Å². The molecule has 1 aromatic carbocycles. The van der Waals surface area contributed by atoms with E-state index in [0.29, 0.717) is 0 Å². The molecule has 0 saturated heterocycles. The van der Waals surface area contributed by atoms with Gasteiger partial charge in [0.25, 0.3) is 0 Å². The van der Waals surface area contributed by atoms with Crippen LogP contribution in [-0.4, -0.2) is 16.6 Å². The molecule has 22 heavy (non-hydrogen) atoms. The first-order chi connectivity index (χ1) is 10.4. The lowest BCUT2D eigenvalue weighted by Gasteiger charge is -2.36. The van der Waals surface area contributed by atoms with Crippen molar-refractivity contribution in [3.63, 3.8) is 0 Å². The average molecular weight is 331 g/mol. The fraction of sp³-hybridized carbons (Fsp3) is 0.579. The summed E-state index contributed by atoms with van der Waals surface area (Å²) in [5, 5.41) is 1.48. The molecule has 0 spiro atoms. The molecule has 1 aromatic rings. The monoisotopic (exact) mass is 330 g/mol. The van der Waals surface area contributed by atoms with E-state index in [1.807, 2.05) is 0 Å². The Bertz CT molecular complexity index is 534. The van der Waals surface area contributed by atoms with E-state index in [4.69, 9.17) is 4.12 Å². The van der Waals surface area contributed by atoms with E-state index in [9.17, 15) is 0 Å². The summed E-state index contributed by atoms with van der Waals surface area (Å²) in [5.74, 6) is 2.67. The summed E-state index contributed by atoms with van der Waals surface area (Å²) in [6.07, 6.45) is 9.14. The number of hydrogen-bond acceptors (Lipinski definition) is 1. The minimum Gasteiger partial charge on any atom is -0.452 e. The number of rotatable bonds is 6. The maximum Gasteiger partial charge on any atom is 0.209 e. The first kappa shape index (κ1) is 16.2. The van der Waals surface area contributed by atoms with Crippen LogP contribution in [0, 0.1) is 17.8 Å². The van der Waals surface area contributed by atoms with Crippen molar-refractivity contribution in [2.24, 2.45) is 17.8 Å². The molecule has 2 aliphatic carbocycles. The van der Waals surface area contributed by atoms with E-state index >= 15 is 0 Å². The van der Waals surface area contributed by atoms with Crippen molar-refractivity contribution in [1.29, 1.82) is 0 Å². The summed E-state index contributed by atoms with van der Waals surface area (Å²) in [6, 6.07) is 12.3. The van der Waals surface area contributed by atoms with Gasteiger partial charge in [0.1, 0.15) is 0 Å². The highest BCUT2D eigenvalue weighted by atomic mass is 28.4. The summed E-state index contributed by atoms with van der Waals surface area (Å²) in [6.45, 7) is 9.45. The molecule has 2 aliphatic rings. The Morgan fingerprint density at radius 2 is 1.73 bits per heavy atom. The van der Waals surface area contributed by atoms with E-state index < -0.39 is 16.6 Å². The number of fused-ring (bicyclic) bond motifs is 2. The van der Waals surface area contributed by atoms with Crippen LogP contribution in [-0.2, 0) is 4.12 Å². The van der Waals surface area contributed by atoms with Crippen molar-refractivity contribution >= 4 is 21.8 Å². The molecule has 4 unspecified atom stereocenters. The zero-order chi connectivity index (χ0) is 15.8. The Balaban J connectivity index is 1.73. The summed E-state index contributed by atoms with van der Waals surface area (Å²) in [7, 11) is -3.34. The van der Waals surface area contributed by atoms with Crippen molar-refractivity contribution < 1.29 is 4.12 Å². The van der Waals surface area contributed by atoms with Gasteiger partial charge >= 0.3 is 0 Å². The second-order valence-corrected chi connectivity index (χ2v) is 17.0. The number of benzene rings is 1. The quantitative estimate of drug-likeness (QED) is 0.531. The fourth-order valence-electron chi connectivity index (χ4n) is 4.41. The van der Waals surface area contributed by atoms with E-state index in [2.05, 4.69) is 68.7 Å². The van der Waals surface area contributed by atoms with Gasteiger partial charge in [0.05, 0.1) is 0 Å². The molecule has 4 atom stereocenters. The van der Waals surface area contributed by atoms with Gasteiger partial charge in [-0.2, -0.15) is 0 Å². The van der Waals surface area contributed by atoms with Gasteiger partial charge in [-0.15, -0.1) is 0 Å². The van der Waals surface area contributed by atoms with Crippen molar-refractivity contribution in [1.82, 2.24) is 0 Å². The second kappa shape index (κ2) is 6.10. The smallest absolute Gasteiger partial charge is 0.209 e. The van der Waals surface area contributed by atoms with Crippen molar-refractivity contribution in [2.75, 3.05) is 0 Å². The number of allylic oxidation sites excluding steroid dienone is 2. The Morgan fingerprint density at radius 1 is 1.00 bits per heavy atom. The predicted octanol–water partition coefficient (Wildman–Crippen LogP) is 4.92. The van der Waals surface area contributed by atoms with Crippen LogP contribution in [0.1, 0.15) is 19.3 Å². The highest BCUT2D eigenvalue weighted by Gasteiger charge is 2.40. The summed E-state index contributed by atoms with van der Waals surface area (Å²) < 4.78 is 6.81. The molecule has 0 aromatic heterocycles. The summed E-state index contributed by atoms with van der Waals surface area (Å²) >= 11 is 0. The minimum atomic E-state index is -1.82. The van der Waals surface area contributed by atoms with Crippen molar-refractivity contribution in [2.45, 2.75) is 51.5 Å². The standard InChI is InChI=1S/C19H30OSi2/c1-21(2,3)20-22(4,19-8-6-5-7-9-19)13-12-18-15-16-10-11-17(18)14-16/h5-11,16-18H,12-15H2,1-4H3. The molecule has 3 rings (SSSR count). The van der Waals surface area contributed by atoms with Gasteiger partial charge in [0.2, 0.25) is 8.32 Å². The van der Waals surface area contributed by atoms with Crippen molar-refractivity contribution in [3.05, 3.63) is 42.5 Å². The Labute approximate surface area is 138 Å². The zero-order valence-electron chi connectivity index (χ0n) is 14.5. The third kappa shape index (κ3) is 3.63. The lowest BCUT2D eigenvalue weighted by Crippen LogP contribution is -2.54. The van der Waals surface area contributed by atoms with Gasteiger partial charge in [-0.3, -0.25) is 0 Å². The molecule has 0 amide bonds. The Hall–Kier alpha value is -0.646. The molecule has 1 nitrogen and oxygen atoms in total. The van der Waals surface area contributed by atoms with Crippen LogP contribution >= 0.6 is 0 Å². The third-order valence-electron chi connectivity index (χ3n) is 5.32. The van der Waals surface area contributed by atoms with Crippen LogP contribution in [0.15, 0.2) is 42.5 Å². The van der Waals surface area contributed by atoms with E-state index in [-0.39, 0.29) is 0 Å². The van der Waals surface area contributed by atoms with Crippen molar-refractivity contribution in [3.8, 4) is 0 Å². The molecular weight excluding hydrogens is 300 g/mol. The van der Waals surface area contributed by atoms with Crippen LogP contribution in [0.2, 0.25) is 32.2 Å². The van der Waals surface area contributed by atoms with Crippen LogP contribution in [0.25, 0.3) is 0 Å². The average Bonchev–Trinajstić information content (AvgIpc) is 3.07. The first-order valence-corrected chi connectivity index (χ1v) is 14.8. The molecule has 1 fully saturated rings. The lowest BCUT2D eigenvalue weighted by molar-refractivity contribution is 0.423. The zero-order valence-corrected chi connectivity index (χ0v) is 16.5. The molecular formula is C19H30OSi2. The second-order valence-electron chi connectivity index (χ2n) is 8.39. The van der Waals surface area contributed by atoms with Crippen LogP contribution in [0.4, 0.5) is 0 Å². The minimum absolute atomic E-state index is 0.867. The highest BCUT2D eigenvalue weighted by molar-refractivity contribution is 6.92. The van der Waals surface area contributed by atoms with Gasteiger partial charge in [-0.1, -0.05) is 42.5 Å². The summed E-state index contributed by atoms with van der Waals surface area (Å²) in [5.41, 5.74) is 0. The molecule has 1 saturated carbocycles. The SMILES string of the molecule is C[Si](C)(C)O[Si](C)(CCC1CC2C=CC1C2)c1ccccc1. The van der Waals surface area contributed by atoms with Crippen LogP contribution in [0.3, 0.4) is 0 Å². The van der Waals surface area contributed by atoms with Gasteiger partial charge in [0, 0.05) is 0 Å². The normalized spacial score (nSPS) is 29.7. The largest absolute Gasteiger partial charge is 0.452 e. The lowest BCUT2D eigenvalue weighted by atomic mass is 9.91. The summed E-state index contributed by atoms with van der Waals surface area (Å²) in [4.78, 5) is 0. The van der Waals surface area contributed by atoms with Gasteiger partial charge in [-0.25, -0.2) is 0 Å². The molecule has 0 radical (unpaired) electrons. The molecule has 2 bridgehead atoms. The topological polar surface area (TPSA) is 9.23 Å². The molecule has 0 heterocycles. The molecule has 3 heteroatoms. The third-order valence-corrected chi connectivity index (χ3v) is 12.4. The van der Waals surface area contributed by atoms with Gasteiger partial charge in [0.15, 0.2) is 8.32 Å². The van der Waals surface area contributed by atoms with Gasteiger partial charge in [-0.05, 0) is 74.4 Å². The maximum atomic E-state index is 6.81. The van der Waals surface area contributed by atoms with E-state index in [1.165, 1.54) is 30.5 Å².